The van der Waals surface area contributed by atoms with Crippen molar-refractivity contribution in [1.82, 2.24) is 9.78 Å². The third kappa shape index (κ3) is 1.27. The number of aryl methyl sites for hydroxylation is 1. The number of hydrogen-bond donors (Lipinski definition) is 1. The highest BCUT2D eigenvalue weighted by Crippen LogP contribution is 2.43. The SMILES string of the molecule is Cn1cc(-c2scc3c2C(N)CO3)cn1. The van der Waals surface area contributed by atoms with Crippen LogP contribution in [0.4, 0.5) is 0 Å². The molecular formula is C10H11N3OS. The topological polar surface area (TPSA) is 53.1 Å². The Morgan fingerprint density at radius 1 is 1.67 bits per heavy atom. The summed E-state index contributed by atoms with van der Waals surface area (Å²) in [6, 6.07) is 0.00135. The fraction of sp³-hybridized carbons (Fsp3) is 0.300. The second-order valence-electron chi connectivity index (χ2n) is 3.66. The number of rotatable bonds is 1. The van der Waals surface area contributed by atoms with Crippen molar-refractivity contribution >= 4 is 11.3 Å². The molecule has 0 fully saturated rings. The lowest BCUT2D eigenvalue weighted by Gasteiger charge is -2.01. The molecule has 5 heteroatoms. The Balaban J connectivity index is 2.14. The van der Waals surface area contributed by atoms with Crippen LogP contribution in [-0.4, -0.2) is 16.4 Å². The van der Waals surface area contributed by atoms with E-state index in [1.54, 1.807) is 16.0 Å². The van der Waals surface area contributed by atoms with Crippen LogP contribution in [-0.2, 0) is 7.05 Å². The first kappa shape index (κ1) is 8.94. The lowest BCUT2D eigenvalue weighted by molar-refractivity contribution is 0.334. The standard InChI is InChI=1S/C10H11N3OS/c1-13-3-6(2-12-13)10-9-7(11)4-14-8(9)5-15-10/h2-3,5,7H,4,11H2,1H3. The van der Waals surface area contributed by atoms with Gasteiger partial charge in [-0.2, -0.15) is 5.10 Å². The number of thiophene rings is 1. The Morgan fingerprint density at radius 2 is 2.53 bits per heavy atom. The van der Waals surface area contributed by atoms with Crippen molar-refractivity contribution in [2.24, 2.45) is 12.8 Å². The highest BCUT2D eigenvalue weighted by Gasteiger charge is 2.26. The Hall–Kier alpha value is -1.33. The third-order valence-electron chi connectivity index (χ3n) is 2.55. The predicted octanol–water partition coefficient (Wildman–Crippen LogP) is 1.54. The largest absolute Gasteiger partial charge is 0.490 e. The average Bonchev–Trinajstić information content (AvgIpc) is 2.84. The van der Waals surface area contributed by atoms with Gasteiger partial charge < -0.3 is 10.5 Å². The molecule has 1 unspecified atom stereocenters. The number of hydrogen-bond acceptors (Lipinski definition) is 4. The highest BCUT2D eigenvalue weighted by molar-refractivity contribution is 7.14. The van der Waals surface area contributed by atoms with E-state index in [4.69, 9.17) is 10.5 Å². The quantitative estimate of drug-likeness (QED) is 0.794. The molecule has 3 heterocycles. The molecule has 0 spiro atoms. The molecule has 0 aliphatic carbocycles. The van der Waals surface area contributed by atoms with Gasteiger partial charge in [0.2, 0.25) is 0 Å². The van der Waals surface area contributed by atoms with E-state index in [2.05, 4.69) is 5.10 Å². The average molecular weight is 221 g/mol. The maximum atomic E-state index is 5.99. The second-order valence-corrected chi connectivity index (χ2v) is 4.54. The van der Waals surface area contributed by atoms with Gasteiger partial charge in [-0.3, -0.25) is 4.68 Å². The first-order valence-corrected chi connectivity index (χ1v) is 5.62. The van der Waals surface area contributed by atoms with Gasteiger partial charge in [0.1, 0.15) is 12.4 Å². The lowest BCUT2D eigenvalue weighted by atomic mass is 10.1. The van der Waals surface area contributed by atoms with E-state index in [1.807, 2.05) is 24.8 Å². The molecule has 0 amide bonds. The number of aromatic nitrogens is 2. The zero-order valence-corrected chi connectivity index (χ0v) is 9.12. The van der Waals surface area contributed by atoms with Gasteiger partial charge in [-0.05, 0) is 0 Å². The van der Waals surface area contributed by atoms with Crippen LogP contribution in [0, 0.1) is 0 Å². The summed E-state index contributed by atoms with van der Waals surface area (Å²) in [5.74, 6) is 0.936. The summed E-state index contributed by atoms with van der Waals surface area (Å²) in [5.41, 5.74) is 8.24. The van der Waals surface area contributed by atoms with Crippen LogP contribution in [0.25, 0.3) is 10.4 Å². The molecule has 1 atom stereocenters. The molecule has 2 aromatic rings. The Labute approximate surface area is 91.3 Å². The highest BCUT2D eigenvalue weighted by atomic mass is 32.1. The number of nitrogens with zero attached hydrogens (tertiary/aromatic N) is 2. The summed E-state index contributed by atoms with van der Waals surface area (Å²) >= 11 is 1.66. The first-order chi connectivity index (χ1) is 7.25. The van der Waals surface area contributed by atoms with Gasteiger partial charge in [-0.1, -0.05) is 0 Å². The number of ether oxygens (including phenoxy) is 1. The molecule has 0 saturated heterocycles. The normalized spacial score (nSPS) is 18.9. The fourth-order valence-electron chi connectivity index (χ4n) is 1.84. The van der Waals surface area contributed by atoms with Crippen LogP contribution in [0.1, 0.15) is 11.6 Å². The molecule has 0 saturated carbocycles. The molecule has 4 nitrogen and oxygen atoms in total. The third-order valence-corrected chi connectivity index (χ3v) is 3.57. The monoisotopic (exact) mass is 221 g/mol. The fourth-order valence-corrected chi connectivity index (χ4v) is 2.88. The van der Waals surface area contributed by atoms with Crippen molar-refractivity contribution in [3.05, 3.63) is 23.3 Å². The van der Waals surface area contributed by atoms with Crippen LogP contribution < -0.4 is 10.5 Å². The van der Waals surface area contributed by atoms with E-state index >= 15 is 0 Å². The van der Waals surface area contributed by atoms with Crippen molar-refractivity contribution in [2.75, 3.05) is 6.61 Å². The van der Waals surface area contributed by atoms with Crippen LogP contribution in [0.2, 0.25) is 0 Å². The molecule has 78 valence electrons. The molecule has 15 heavy (non-hydrogen) atoms. The first-order valence-electron chi connectivity index (χ1n) is 4.74. The molecule has 2 aromatic heterocycles. The van der Waals surface area contributed by atoms with Crippen LogP contribution in [0.5, 0.6) is 5.75 Å². The molecule has 0 bridgehead atoms. The molecule has 2 N–H and O–H groups in total. The molecule has 1 aliphatic rings. The lowest BCUT2D eigenvalue weighted by Crippen LogP contribution is -2.11. The van der Waals surface area contributed by atoms with Crippen molar-refractivity contribution in [1.29, 1.82) is 0 Å². The van der Waals surface area contributed by atoms with E-state index < -0.39 is 0 Å². The zero-order chi connectivity index (χ0) is 10.4. The molecule has 0 radical (unpaired) electrons. The van der Waals surface area contributed by atoms with E-state index in [0.29, 0.717) is 6.61 Å². The van der Waals surface area contributed by atoms with E-state index in [0.717, 1.165) is 16.9 Å². The van der Waals surface area contributed by atoms with Crippen molar-refractivity contribution in [2.45, 2.75) is 6.04 Å². The van der Waals surface area contributed by atoms with Crippen molar-refractivity contribution in [3.63, 3.8) is 0 Å². The van der Waals surface area contributed by atoms with Gasteiger partial charge in [0.05, 0.1) is 12.2 Å². The van der Waals surface area contributed by atoms with Gasteiger partial charge in [0.15, 0.2) is 0 Å². The van der Waals surface area contributed by atoms with Gasteiger partial charge in [0, 0.05) is 34.6 Å². The Bertz CT molecular complexity index is 502. The summed E-state index contributed by atoms with van der Waals surface area (Å²) in [4.78, 5) is 1.18. The minimum atomic E-state index is 0.00135. The molecular weight excluding hydrogens is 210 g/mol. The number of fused-ring (bicyclic) bond motifs is 1. The van der Waals surface area contributed by atoms with Gasteiger partial charge in [-0.15, -0.1) is 11.3 Å². The summed E-state index contributed by atoms with van der Waals surface area (Å²) in [6.07, 6.45) is 3.86. The molecule has 1 aliphatic heterocycles. The Kier molecular flexibility index (Phi) is 1.83. The van der Waals surface area contributed by atoms with E-state index in [9.17, 15) is 0 Å². The van der Waals surface area contributed by atoms with Crippen molar-refractivity contribution < 1.29 is 4.74 Å². The predicted molar refractivity (Wildman–Crippen MR) is 58.9 cm³/mol. The van der Waals surface area contributed by atoms with Gasteiger partial charge in [-0.25, -0.2) is 0 Å². The molecule has 0 aromatic carbocycles. The second kappa shape index (κ2) is 3.08. The minimum Gasteiger partial charge on any atom is -0.490 e. The van der Waals surface area contributed by atoms with Crippen molar-refractivity contribution in [3.8, 4) is 16.2 Å². The molecule has 3 rings (SSSR count). The smallest absolute Gasteiger partial charge is 0.135 e. The van der Waals surface area contributed by atoms with E-state index in [-0.39, 0.29) is 6.04 Å². The van der Waals surface area contributed by atoms with E-state index in [1.165, 1.54) is 4.88 Å². The van der Waals surface area contributed by atoms with Gasteiger partial charge in [0.25, 0.3) is 0 Å². The summed E-state index contributed by atoms with van der Waals surface area (Å²) in [7, 11) is 1.91. The summed E-state index contributed by atoms with van der Waals surface area (Å²) < 4.78 is 7.27. The summed E-state index contributed by atoms with van der Waals surface area (Å²) in [6.45, 7) is 0.589. The summed E-state index contributed by atoms with van der Waals surface area (Å²) in [5, 5.41) is 6.18. The van der Waals surface area contributed by atoms with Crippen LogP contribution in [0.3, 0.4) is 0 Å². The van der Waals surface area contributed by atoms with Crippen LogP contribution in [0.15, 0.2) is 17.8 Å². The maximum Gasteiger partial charge on any atom is 0.135 e. The van der Waals surface area contributed by atoms with Crippen LogP contribution >= 0.6 is 11.3 Å². The van der Waals surface area contributed by atoms with Gasteiger partial charge >= 0.3 is 0 Å². The zero-order valence-electron chi connectivity index (χ0n) is 8.30. The maximum absolute atomic E-state index is 5.99. The Morgan fingerprint density at radius 3 is 3.27 bits per heavy atom. The minimum absolute atomic E-state index is 0.00135. The number of nitrogens with two attached hydrogens (primary N) is 1.